The average Bonchev–Trinajstić information content (AvgIpc) is 2.97. The van der Waals surface area contributed by atoms with E-state index in [1.807, 2.05) is 42.5 Å². The number of rotatable bonds is 2. The maximum absolute atomic E-state index is 5.49. The normalized spacial score (nSPS) is 12.6. The zero-order valence-corrected chi connectivity index (χ0v) is 10.5. The predicted octanol–water partition coefficient (Wildman–Crippen LogP) is 3.10. The van der Waals surface area contributed by atoms with Gasteiger partial charge in [-0.25, -0.2) is 9.97 Å². The summed E-state index contributed by atoms with van der Waals surface area (Å²) in [6, 6.07) is 13.6. The van der Waals surface area contributed by atoms with Crippen LogP contribution in [-0.2, 0) is 0 Å². The minimum atomic E-state index is 0.249. The number of fused-ring (bicyclic) bond motifs is 2. The van der Waals surface area contributed by atoms with Crippen molar-refractivity contribution in [3.63, 3.8) is 0 Å². The van der Waals surface area contributed by atoms with Crippen LogP contribution in [0.5, 0.6) is 11.5 Å². The Morgan fingerprint density at radius 2 is 1.90 bits per heavy atom. The Morgan fingerprint density at radius 1 is 0.950 bits per heavy atom. The number of aromatic nitrogens is 2. The predicted molar refractivity (Wildman–Crippen MR) is 75.4 cm³/mol. The summed E-state index contributed by atoms with van der Waals surface area (Å²) in [4.78, 5) is 8.56. The van der Waals surface area contributed by atoms with Crippen LogP contribution in [0, 0.1) is 0 Å². The van der Waals surface area contributed by atoms with Gasteiger partial charge in [0, 0.05) is 5.39 Å². The summed E-state index contributed by atoms with van der Waals surface area (Å²) in [5.74, 6) is 2.21. The molecule has 2 heterocycles. The van der Waals surface area contributed by atoms with Crippen molar-refractivity contribution in [1.29, 1.82) is 0 Å². The van der Waals surface area contributed by atoms with Gasteiger partial charge in [0.15, 0.2) is 11.5 Å². The minimum absolute atomic E-state index is 0.249. The third kappa shape index (κ3) is 1.72. The first-order valence-corrected chi connectivity index (χ1v) is 6.27. The quantitative estimate of drug-likeness (QED) is 0.771. The Labute approximate surface area is 115 Å². The van der Waals surface area contributed by atoms with Gasteiger partial charge in [0.25, 0.3) is 0 Å². The minimum Gasteiger partial charge on any atom is -0.454 e. The Bertz CT molecular complexity index is 784. The Morgan fingerprint density at radius 3 is 2.90 bits per heavy atom. The molecule has 98 valence electrons. The molecule has 0 spiro atoms. The molecule has 1 aromatic heterocycles. The van der Waals surface area contributed by atoms with E-state index in [4.69, 9.17) is 9.47 Å². The van der Waals surface area contributed by atoms with E-state index in [1.54, 1.807) is 6.33 Å². The molecule has 1 aliphatic heterocycles. The zero-order chi connectivity index (χ0) is 13.4. The zero-order valence-electron chi connectivity index (χ0n) is 10.5. The van der Waals surface area contributed by atoms with Crippen molar-refractivity contribution in [1.82, 2.24) is 9.97 Å². The molecule has 0 fully saturated rings. The number of anilines is 2. The SMILES string of the molecule is c1cc(Nc2ncnc3ccccc23)c2c(c1)OCO2. The molecule has 1 aliphatic rings. The smallest absolute Gasteiger partial charge is 0.231 e. The molecular weight excluding hydrogens is 254 g/mol. The van der Waals surface area contributed by atoms with Crippen LogP contribution < -0.4 is 14.8 Å². The number of nitrogens with one attached hydrogen (secondary N) is 1. The number of hydrogen-bond donors (Lipinski definition) is 1. The molecule has 5 heteroatoms. The van der Waals surface area contributed by atoms with E-state index < -0.39 is 0 Å². The average molecular weight is 265 g/mol. The maximum Gasteiger partial charge on any atom is 0.231 e. The molecule has 3 aromatic rings. The first-order valence-electron chi connectivity index (χ1n) is 6.27. The summed E-state index contributed by atoms with van der Waals surface area (Å²) in [5, 5.41) is 4.26. The molecule has 0 atom stereocenters. The van der Waals surface area contributed by atoms with Crippen molar-refractivity contribution in [3.05, 3.63) is 48.8 Å². The summed E-state index contributed by atoms with van der Waals surface area (Å²) >= 11 is 0. The highest BCUT2D eigenvalue weighted by Gasteiger charge is 2.18. The van der Waals surface area contributed by atoms with Gasteiger partial charge in [0.05, 0.1) is 11.2 Å². The van der Waals surface area contributed by atoms with Crippen molar-refractivity contribution < 1.29 is 9.47 Å². The highest BCUT2D eigenvalue weighted by atomic mass is 16.7. The van der Waals surface area contributed by atoms with Gasteiger partial charge >= 0.3 is 0 Å². The standard InChI is InChI=1S/C15H11N3O2/c1-2-5-11-10(4-1)15(17-8-16-11)18-12-6-3-7-13-14(12)20-9-19-13/h1-8H,9H2,(H,16,17,18). The maximum atomic E-state index is 5.49. The summed E-state index contributed by atoms with van der Waals surface area (Å²) in [6.07, 6.45) is 1.55. The number of benzene rings is 2. The van der Waals surface area contributed by atoms with Crippen LogP contribution in [0.4, 0.5) is 11.5 Å². The van der Waals surface area contributed by atoms with Crippen LogP contribution in [0.1, 0.15) is 0 Å². The third-order valence-corrected chi connectivity index (χ3v) is 3.19. The molecule has 0 amide bonds. The Kier molecular flexibility index (Phi) is 2.42. The molecule has 5 nitrogen and oxygen atoms in total. The molecule has 0 aliphatic carbocycles. The summed E-state index contributed by atoms with van der Waals surface area (Å²) in [6.45, 7) is 0.249. The second kappa shape index (κ2) is 4.38. The van der Waals surface area contributed by atoms with Crippen molar-refractivity contribution in [2.45, 2.75) is 0 Å². The van der Waals surface area contributed by atoms with E-state index in [1.165, 1.54) is 0 Å². The fraction of sp³-hybridized carbons (Fsp3) is 0.0667. The molecule has 1 N–H and O–H groups in total. The summed E-state index contributed by atoms with van der Waals surface area (Å²) in [5.41, 5.74) is 1.73. The van der Waals surface area contributed by atoms with Crippen molar-refractivity contribution >= 4 is 22.4 Å². The molecular formula is C15H11N3O2. The fourth-order valence-corrected chi connectivity index (χ4v) is 2.26. The van der Waals surface area contributed by atoms with Crippen molar-refractivity contribution in [2.75, 3.05) is 12.1 Å². The van der Waals surface area contributed by atoms with E-state index in [9.17, 15) is 0 Å². The first kappa shape index (κ1) is 11.0. The molecule has 0 radical (unpaired) electrons. The molecule has 0 bridgehead atoms. The van der Waals surface area contributed by atoms with Crippen LogP contribution in [0.3, 0.4) is 0 Å². The van der Waals surface area contributed by atoms with E-state index >= 15 is 0 Å². The van der Waals surface area contributed by atoms with Crippen LogP contribution in [0.2, 0.25) is 0 Å². The van der Waals surface area contributed by atoms with Gasteiger partial charge < -0.3 is 14.8 Å². The molecule has 4 rings (SSSR count). The summed E-state index contributed by atoms with van der Waals surface area (Å²) in [7, 11) is 0. The number of nitrogens with zero attached hydrogens (tertiary/aromatic N) is 2. The molecule has 2 aromatic carbocycles. The molecule has 0 saturated heterocycles. The first-order chi connectivity index (χ1) is 9.92. The van der Waals surface area contributed by atoms with Gasteiger partial charge in [0.1, 0.15) is 12.1 Å². The number of para-hydroxylation sites is 2. The topological polar surface area (TPSA) is 56.3 Å². The largest absolute Gasteiger partial charge is 0.454 e. The fourth-order valence-electron chi connectivity index (χ4n) is 2.26. The van der Waals surface area contributed by atoms with Crippen LogP contribution in [0.25, 0.3) is 10.9 Å². The number of hydrogen-bond acceptors (Lipinski definition) is 5. The van der Waals surface area contributed by atoms with Crippen molar-refractivity contribution in [2.24, 2.45) is 0 Å². The van der Waals surface area contributed by atoms with Crippen LogP contribution >= 0.6 is 0 Å². The van der Waals surface area contributed by atoms with E-state index in [0.717, 1.165) is 33.9 Å². The van der Waals surface area contributed by atoms with Gasteiger partial charge in [-0.3, -0.25) is 0 Å². The van der Waals surface area contributed by atoms with Crippen LogP contribution in [-0.4, -0.2) is 16.8 Å². The summed E-state index contributed by atoms with van der Waals surface area (Å²) < 4.78 is 10.9. The van der Waals surface area contributed by atoms with Gasteiger partial charge in [-0.15, -0.1) is 0 Å². The number of ether oxygens (including phenoxy) is 2. The van der Waals surface area contributed by atoms with E-state index in [0.29, 0.717) is 0 Å². The van der Waals surface area contributed by atoms with Gasteiger partial charge in [-0.1, -0.05) is 18.2 Å². The lowest BCUT2D eigenvalue weighted by Crippen LogP contribution is -1.98. The second-order valence-electron chi connectivity index (χ2n) is 4.40. The Hall–Kier alpha value is -2.82. The van der Waals surface area contributed by atoms with E-state index in [2.05, 4.69) is 15.3 Å². The molecule has 0 unspecified atom stereocenters. The lowest BCUT2D eigenvalue weighted by Gasteiger charge is -2.10. The Balaban J connectivity index is 1.81. The lowest BCUT2D eigenvalue weighted by atomic mass is 10.2. The highest BCUT2D eigenvalue weighted by Crippen LogP contribution is 2.40. The lowest BCUT2D eigenvalue weighted by molar-refractivity contribution is 0.174. The second-order valence-corrected chi connectivity index (χ2v) is 4.40. The highest BCUT2D eigenvalue weighted by molar-refractivity contribution is 5.91. The monoisotopic (exact) mass is 265 g/mol. The third-order valence-electron chi connectivity index (χ3n) is 3.19. The molecule has 0 saturated carbocycles. The van der Waals surface area contributed by atoms with Gasteiger partial charge in [0.2, 0.25) is 6.79 Å². The van der Waals surface area contributed by atoms with Crippen molar-refractivity contribution in [3.8, 4) is 11.5 Å². The van der Waals surface area contributed by atoms with Crippen LogP contribution in [0.15, 0.2) is 48.8 Å². The van der Waals surface area contributed by atoms with E-state index in [-0.39, 0.29) is 6.79 Å². The van der Waals surface area contributed by atoms with Gasteiger partial charge in [-0.2, -0.15) is 0 Å². The van der Waals surface area contributed by atoms with Gasteiger partial charge in [-0.05, 0) is 24.3 Å². The molecule has 20 heavy (non-hydrogen) atoms.